The second-order valence-electron chi connectivity index (χ2n) is 8.18. The van der Waals surface area contributed by atoms with Gasteiger partial charge in [-0.2, -0.15) is 5.10 Å². The molecule has 2 saturated carbocycles. The maximum atomic E-state index is 14.6. The number of hydrogen-bond donors (Lipinski definition) is 0. The second-order valence-corrected chi connectivity index (χ2v) is 8.18. The number of benzene rings is 1. The van der Waals surface area contributed by atoms with Crippen molar-refractivity contribution < 1.29 is 18.3 Å². The molecule has 1 aromatic carbocycles. The van der Waals surface area contributed by atoms with Crippen LogP contribution in [-0.4, -0.2) is 22.4 Å². The third kappa shape index (κ3) is 2.60. The minimum Gasteiger partial charge on any atom is -0.461 e. The molecule has 0 spiro atoms. The molecule has 0 saturated heterocycles. The molecule has 142 valence electrons. The molecular weight excluding hydrogens is 350 g/mol. The Bertz CT molecular complexity index is 909. The first-order chi connectivity index (χ1) is 13.0. The summed E-state index contributed by atoms with van der Waals surface area (Å²) < 4.78 is 34.8. The van der Waals surface area contributed by atoms with Crippen LogP contribution in [0.25, 0.3) is 5.69 Å². The van der Waals surface area contributed by atoms with Crippen LogP contribution in [-0.2, 0) is 4.74 Å². The number of aromatic nitrogens is 2. The van der Waals surface area contributed by atoms with Crippen LogP contribution in [0, 0.1) is 23.5 Å². The van der Waals surface area contributed by atoms with Gasteiger partial charge in [0, 0.05) is 17.5 Å². The number of halogens is 2. The molecule has 0 radical (unpaired) electrons. The van der Waals surface area contributed by atoms with Crippen LogP contribution >= 0.6 is 0 Å². The minimum absolute atomic E-state index is 0.199. The van der Waals surface area contributed by atoms with Crippen molar-refractivity contribution in [3.05, 3.63) is 46.8 Å². The molecule has 4 aliphatic rings. The van der Waals surface area contributed by atoms with Gasteiger partial charge in [-0.15, -0.1) is 0 Å². The first kappa shape index (κ1) is 16.9. The van der Waals surface area contributed by atoms with E-state index in [1.807, 2.05) is 0 Å². The fraction of sp³-hybridized carbons (Fsp3) is 0.524. The molecule has 2 atom stereocenters. The van der Waals surface area contributed by atoms with Crippen molar-refractivity contribution in [2.24, 2.45) is 11.8 Å². The fourth-order valence-electron chi connectivity index (χ4n) is 5.74. The molecule has 0 aliphatic heterocycles. The molecule has 0 amide bonds. The summed E-state index contributed by atoms with van der Waals surface area (Å²) in [7, 11) is 0. The molecule has 2 unspecified atom stereocenters. The van der Waals surface area contributed by atoms with Gasteiger partial charge in [-0.3, -0.25) is 0 Å². The van der Waals surface area contributed by atoms with Crippen molar-refractivity contribution in [3.63, 3.8) is 0 Å². The van der Waals surface area contributed by atoms with Crippen LogP contribution in [0.3, 0.4) is 0 Å². The predicted molar refractivity (Wildman–Crippen MR) is 95.0 cm³/mol. The smallest absolute Gasteiger partial charge is 0.359 e. The molecule has 4 nitrogen and oxygen atoms in total. The van der Waals surface area contributed by atoms with E-state index in [0.717, 1.165) is 43.0 Å². The highest BCUT2D eigenvalue weighted by Gasteiger charge is 2.46. The minimum atomic E-state index is -0.667. The lowest BCUT2D eigenvalue weighted by Gasteiger charge is -2.38. The Hall–Kier alpha value is -2.24. The SMILES string of the molecule is CCOC(=O)c1nn(-c2ccc(F)cc2F)c2c1C1CC3CC(C1)CC2C3. The topological polar surface area (TPSA) is 44.1 Å². The molecule has 1 aromatic heterocycles. The van der Waals surface area contributed by atoms with E-state index in [4.69, 9.17) is 4.74 Å². The molecule has 2 fully saturated rings. The molecular formula is C21H22F2N2O2. The lowest BCUT2D eigenvalue weighted by Crippen LogP contribution is -2.27. The Labute approximate surface area is 156 Å². The van der Waals surface area contributed by atoms with Gasteiger partial charge in [0.25, 0.3) is 0 Å². The van der Waals surface area contributed by atoms with Gasteiger partial charge >= 0.3 is 5.97 Å². The fourth-order valence-corrected chi connectivity index (χ4v) is 5.74. The maximum Gasteiger partial charge on any atom is 0.359 e. The Morgan fingerprint density at radius 2 is 1.85 bits per heavy atom. The van der Waals surface area contributed by atoms with Gasteiger partial charge < -0.3 is 4.74 Å². The zero-order valence-corrected chi connectivity index (χ0v) is 15.3. The summed E-state index contributed by atoms with van der Waals surface area (Å²) in [4.78, 5) is 12.6. The highest BCUT2D eigenvalue weighted by molar-refractivity contribution is 5.90. The average Bonchev–Trinajstić information content (AvgIpc) is 2.93. The Balaban J connectivity index is 1.74. The third-order valence-corrected chi connectivity index (χ3v) is 6.50. The van der Waals surface area contributed by atoms with Crippen molar-refractivity contribution in [3.8, 4) is 5.69 Å². The summed E-state index contributed by atoms with van der Waals surface area (Å²) in [6.07, 6.45) is 5.48. The molecule has 4 aliphatic carbocycles. The second kappa shape index (κ2) is 6.14. The lowest BCUT2D eigenvalue weighted by molar-refractivity contribution is 0.0515. The van der Waals surface area contributed by atoms with Crippen molar-refractivity contribution in [2.45, 2.75) is 50.9 Å². The van der Waals surface area contributed by atoms with Gasteiger partial charge in [0.05, 0.1) is 12.3 Å². The predicted octanol–water partition coefficient (Wildman–Crippen LogP) is 4.72. The van der Waals surface area contributed by atoms with Gasteiger partial charge in [-0.1, -0.05) is 0 Å². The van der Waals surface area contributed by atoms with E-state index in [1.54, 1.807) is 11.6 Å². The summed E-state index contributed by atoms with van der Waals surface area (Å²) in [5.41, 5.74) is 2.41. The maximum absolute atomic E-state index is 14.6. The Kier molecular flexibility index (Phi) is 3.85. The highest BCUT2D eigenvalue weighted by atomic mass is 19.1. The van der Waals surface area contributed by atoms with Gasteiger partial charge in [0.15, 0.2) is 11.5 Å². The van der Waals surface area contributed by atoms with Crippen LogP contribution in [0.1, 0.15) is 72.6 Å². The van der Waals surface area contributed by atoms with Crippen molar-refractivity contribution >= 4 is 5.97 Å². The molecule has 6 rings (SSSR count). The molecule has 0 N–H and O–H groups in total. The Morgan fingerprint density at radius 1 is 1.15 bits per heavy atom. The number of hydrogen-bond acceptors (Lipinski definition) is 3. The largest absolute Gasteiger partial charge is 0.461 e. The Morgan fingerprint density at radius 3 is 2.52 bits per heavy atom. The molecule has 4 bridgehead atoms. The standard InChI is InChI=1S/C21H22F2N2O2/c1-2-27-21(26)19-18-13-6-11-5-12(7-13)9-14(8-11)20(18)25(24-19)17-4-3-15(22)10-16(17)23/h3-4,10-14H,2,5-9H2,1H3. The lowest BCUT2D eigenvalue weighted by atomic mass is 9.67. The third-order valence-electron chi connectivity index (χ3n) is 6.50. The van der Waals surface area contributed by atoms with Crippen molar-refractivity contribution in [2.75, 3.05) is 6.61 Å². The van der Waals surface area contributed by atoms with Crippen LogP contribution in [0.2, 0.25) is 0 Å². The average molecular weight is 372 g/mol. The summed E-state index contributed by atoms with van der Waals surface area (Å²) >= 11 is 0. The van der Waals surface area contributed by atoms with Crippen molar-refractivity contribution in [1.29, 1.82) is 0 Å². The zero-order valence-electron chi connectivity index (χ0n) is 15.3. The van der Waals surface area contributed by atoms with E-state index in [1.165, 1.54) is 18.6 Å². The van der Waals surface area contributed by atoms with Gasteiger partial charge in [0.2, 0.25) is 0 Å². The quantitative estimate of drug-likeness (QED) is 0.733. The van der Waals surface area contributed by atoms with Crippen LogP contribution < -0.4 is 0 Å². The molecule has 6 heteroatoms. The van der Waals surface area contributed by atoms with Crippen LogP contribution in [0.4, 0.5) is 8.78 Å². The number of carbonyl (C=O) groups excluding carboxylic acids is 1. The van der Waals surface area contributed by atoms with Gasteiger partial charge in [0.1, 0.15) is 11.5 Å². The van der Waals surface area contributed by atoms with Gasteiger partial charge in [-0.05, 0) is 68.9 Å². The van der Waals surface area contributed by atoms with E-state index < -0.39 is 17.6 Å². The van der Waals surface area contributed by atoms with E-state index >= 15 is 0 Å². The number of nitrogens with zero attached hydrogens (tertiary/aromatic N) is 2. The normalized spacial score (nSPS) is 28.1. The number of esters is 1. The van der Waals surface area contributed by atoms with E-state index in [9.17, 15) is 13.6 Å². The summed E-state index contributed by atoms with van der Waals surface area (Å²) in [5.74, 6) is 0.100. The molecule has 27 heavy (non-hydrogen) atoms. The highest BCUT2D eigenvalue weighted by Crippen LogP contribution is 2.57. The van der Waals surface area contributed by atoms with Crippen LogP contribution in [0.15, 0.2) is 18.2 Å². The zero-order chi connectivity index (χ0) is 18.7. The van der Waals surface area contributed by atoms with Crippen molar-refractivity contribution in [1.82, 2.24) is 9.78 Å². The van der Waals surface area contributed by atoms with E-state index in [-0.39, 0.29) is 24.1 Å². The first-order valence-electron chi connectivity index (χ1n) is 9.80. The molecule has 1 heterocycles. The summed E-state index contributed by atoms with van der Waals surface area (Å²) in [5, 5.41) is 4.51. The van der Waals surface area contributed by atoms with E-state index in [2.05, 4.69) is 5.10 Å². The van der Waals surface area contributed by atoms with Gasteiger partial charge in [-0.25, -0.2) is 18.3 Å². The van der Waals surface area contributed by atoms with E-state index in [0.29, 0.717) is 17.5 Å². The monoisotopic (exact) mass is 372 g/mol. The number of carbonyl (C=O) groups is 1. The number of ether oxygens (including phenoxy) is 1. The summed E-state index contributed by atoms with van der Waals surface area (Å²) in [6, 6.07) is 3.51. The summed E-state index contributed by atoms with van der Waals surface area (Å²) in [6.45, 7) is 2.03. The van der Waals surface area contributed by atoms with Crippen LogP contribution in [0.5, 0.6) is 0 Å². The first-order valence-corrected chi connectivity index (χ1v) is 9.80. The molecule has 2 aromatic rings. The number of rotatable bonds is 3.